The Hall–Kier alpha value is -2.53. The Kier molecular flexibility index (Phi) is 8.93. The van der Waals surface area contributed by atoms with Crippen LogP contribution in [0.15, 0.2) is 48.5 Å². The van der Waals surface area contributed by atoms with E-state index >= 15 is 0 Å². The second-order valence-electron chi connectivity index (χ2n) is 8.60. The molecule has 0 fully saturated rings. The van der Waals surface area contributed by atoms with Crippen LogP contribution in [0.25, 0.3) is 0 Å². The molecular weight excluding hydrogens is 412 g/mol. The third kappa shape index (κ3) is 7.91. The van der Waals surface area contributed by atoms with E-state index < -0.39 is 11.6 Å². The van der Waals surface area contributed by atoms with Gasteiger partial charge in [0.25, 0.3) is 5.91 Å². The van der Waals surface area contributed by atoms with Crippen molar-refractivity contribution < 1.29 is 14.3 Å². The van der Waals surface area contributed by atoms with Crippen molar-refractivity contribution in [2.24, 2.45) is 0 Å². The molecule has 0 saturated heterocycles. The van der Waals surface area contributed by atoms with Gasteiger partial charge in [-0.1, -0.05) is 49.7 Å². The molecule has 0 aromatic heterocycles. The van der Waals surface area contributed by atoms with Crippen LogP contribution in [0.4, 0.5) is 0 Å². The van der Waals surface area contributed by atoms with Crippen molar-refractivity contribution in [1.82, 2.24) is 10.2 Å². The summed E-state index contributed by atoms with van der Waals surface area (Å²) in [7, 11) is 0. The molecule has 31 heavy (non-hydrogen) atoms. The number of ether oxygens (including phenoxy) is 1. The number of halogens is 1. The first kappa shape index (κ1) is 24.7. The maximum Gasteiger partial charge on any atom is 0.261 e. The summed E-state index contributed by atoms with van der Waals surface area (Å²) in [5, 5.41) is 3.62. The Morgan fingerprint density at radius 3 is 2.10 bits per heavy atom. The highest BCUT2D eigenvalue weighted by atomic mass is 35.5. The second kappa shape index (κ2) is 11.2. The lowest BCUT2D eigenvalue weighted by Gasteiger charge is -2.33. The molecule has 2 amide bonds. The van der Waals surface area contributed by atoms with Gasteiger partial charge in [0.1, 0.15) is 11.8 Å². The molecule has 1 N–H and O–H groups in total. The van der Waals surface area contributed by atoms with E-state index in [-0.39, 0.29) is 18.4 Å². The molecule has 0 unspecified atom stereocenters. The zero-order valence-corrected chi connectivity index (χ0v) is 19.8. The molecule has 2 aromatic carbocycles. The summed E-state index contributed by atoms with van der Waals surface area (Å²) in [6.07, 6.45) is 1.43. The van der Waals surface area contributed by atoms with Crippen LogP contribution >= 0.6 is 11.6 Å². The van der Waals surface area contributed by atoms with Crippen LogP contribution in [0.5, 0.6) is 5.75 Å². The van der Waals surface area contributed by atoms with Crippen LogP contribution in [-0.4, -0.2) is 34.9 Å². The van der Waals surface area contributed by atoms with Gasteiger partial charge in [0.2, 0.25) is 5.91 Å². The zero-order chi connectivity index (χ0) is 23.0. The predicted molar refractivity (Wildman–Crippen MR) is 125 cm³/mol. The van der Waals surface area contributed by atoms with E-state index in [1.807, 2.05) is 64.1 Å². The fourth-order valence-corrected chi connectivity index (χ4v) is 3.33. The zero-order valence-electron chi connectivity index (χ0n) is 19.1. The molecule has 2 rings (SSSR count). The number of hydrogen-bond donors (Lipinski definition) is 1. The molecule has 168 valence electrons. The Morgan fingerprint density at radius 1 is 1.00 bits per heavy atom. The third-order valence-electron chi connectivity index (χ3n) is 4.84. The minimum absolute atomic E-state index is 0.141. The summed E-state index contributed by atoms with van der Waals surface area (Å²) >= 11 is 6.00. The number of nitrogens with one attached hydrogen (secondary N) is 1. The highest BCUT2D eigenvalue weighted by Gasteiger charge is 2.30. The number of carbonyl (C=O) groups excluding carboxylic acids is 2. The van der Waals surface area contributed by atoms with Crippen LogP contribution in [0.1, 0.15) is 52.2 Å². The summed E-state index contributed by atoms with van der Waals surface area (Å²) in [4.78, 5) is 27.7. The SMILES string of the molecule is CCc1ccc(OCC(=O)N(Cc2ccc(Cl)cc2)[C@@H](CC)C(=O)NC(C)(C)C)cc1. The monoisotopic (exact) mass is 444 g/mol. The van der Waals surface area contributed by atoms with E-state index in [1.54, 1.807) is 17.0 Å². The summed E-state index contributed by atoms with van der Waals surface area (Å²) in [6, 6.07) is 14.4. The summed E-state index contributed by atoms with van der Waals surface area (Å²) in [5.74, 6) is 0.208. The molecule has 0 heterocycles. The van der Waals surface area contributed by atoms with E-state index in [1.165, 1.54) is 5.56 Å². The summed E-state index contributed by atoms with van der Waals surface area (Å²) < 4.78 is 5.74. The third-order valence-corrected chi connectivity index (χ3v) is 5.10. The van der Waals surface area contributed by atoms with Gasteiger partial charge >= 0.3 is 0 Å². The minimum Gasteiger partial charge on any atom is -0.484 e. The van der Waals surface area contributed by atoms with Gasteiger partial charge < -0.3 is 15.0 Å². The van der Waals surface area contributed by atoms with Gasteiger partial charge in [0.15, 0.2) is 6.61 Å². The van der Waals surface area contributed by atoms with E-state index in [0.717, 1.165) is 12.0 Å². The van der Waals surface area contributed by atoms with E-state index in [4.69, 9.17) is 16.3 Å². The molecule has 6 heteroatoms. The molecule has 0 bridgehead atoms. The van der Waals surface area contributed by atoms with E-state index in [0.29, 0.717) is 23.7 Å². The van der Waals surface area contributed by atoms with E-state index in [2.05, 4.69) is 12.2 Å². The van der Waals surface area contributed by atoms with Crippen LogP contribution in [0, 0.1) is 0 Å². The van der Waals surface area contributed by atoms with Crippen LogP contribution in [0.2, 0.25) is 5.02 Å². The minimum atomic E-state index is -0.603. The maximum atomic E-state index is 13.2. The number of benzene rings is 2. The Bertz CT molecular complexity index is 858. The van der Waals surface area contributed by atoms with Crippen LogP contribution < -0.4 is 10.1 Å². The smallest absolute Gasteiger partial charge is 0.261 e. The Morgan fingerprint density at radius 2 is 1.58 bits per heavy atom. The first-order chi connectivity index (χ1) is 14.6. The van der Waals surface area contributed by atoms with Crippen molar-refractivity contribution in [3.05, 3.63) is 64.7 Å². The average molecular weight is 445 g/mol. The number of carbonyl (C=O) groups is 2. The summed E-state index contributed by atoms with van der Waals surface area (Å²) in [5.41, 5.74) is 1.71. The maximum absolute atomic E-state index is 13.2. The standard InChI is InChI=1S/C25H33ClN2O3/c1-6-18-10-14-21(15-11-18)31-17-23(29)28(16-19-8-12-20(26)13-9-19)22(7-2)24(30)27-25(3,4)5/h8-15,22H,6-7,16-17H2,1-5H3,(H,27,30)/t22-/m0/s1. The van der Waals surface area contributed by atoms with Crippen molar-refractivity contribution in [3.8, 4) is 5.75 Å². The fraction of sp³-hybridized carbons (Fsp3) is 0.440. The van der Waals surface area contributed by atoms with Gasteiger partial charge in [-0.25, -0.2) is 0 Å². The number of aryl methyl sites for hydroxylation is 1. The molecule has 1 atom stereocenters. The first-order valence-corrected chi connectivity index (χ1v) is 11.1. The lowest BCUT2D eigenvalue weighted by Crippen LogP contribution is -2.54. The second-order valence-corrected chi connectivity index (χ2v) is 9.03. The van der Waals surface area contributed by atoms with Gasteiger partial charge in [0.05, 0.1) is 0 Å². The largest absolute Gasteiger partial charge is 0.484 e. The van der Waals surface area contributed by atoms with Gasteiger partial charge in [-0.2, -0.15) is 0 Å². The number of rotatable bonds is 9. The lowest BCUT2D eigenvalue weighted by molar-refractivity contribution is -0.143. The van der Waals surface area contributed by atoms with Gasteiger partial charge in [-0.05, 0) is 69.0 Å². The molecule has 0 saturated carbocycles. The fourth-order valence-electron chi connectivity index (χ4n) is 3.21. The van der Waals surface area contributed by atoms with Crippen molar-refractivity contribution in [2.75, 3.05) is 6.61 Å². The first-order valence-electron chi connectivity index (χ1n) is 10.7. The molecule has 0 aliphatic rings. The molecular formula is C25H33ClN2O3. The van der Waals surface area contributed by atoms with E-state index in [9.17, 15) is 9.59 Å². The normalized spacial score (nSPS) is 12.2. The van der Waals surface area contributed by atoms with Crippen molar-refractivity contribution in [3.63, 3.8) is 0 Å². The number of hydrogen-bond acceptors (Lipinski definition) is 3. The van der Waals surface area contributed by atoms with Crippen molar-refractivity contribution in [1.29, 1.82) is 0 Å². The molecule has 2 aromatic rings. The molecule has 0 spiro atoms. The Labute approximate surface area is 190 Å². The van der Waals surface area contributed by atoms with Crippen molar-refractivity contribution >= 4 is 23.4 Å². The molecule has 0 aliphatic carbocycles. The number of nitrogens with zero attached hydrogens (tertiary/aromatic N) is 1. The highest BCUT2D eigenvalue weighted by Crippen LogP contribution is 2.17. The quantitative estimate of drug-likeness (QED) is 0.591. The summed E-state index contributed by atoms with van der Waals surface area (Å²) in [6.45, 7) is 9.91. The van der Waals surface area contributed by atoms with Gasteiger partial charge in [-0.3, -0.25) is 9.59 Å². The van der Waals surface area contributed by atoms with Crippen molar-refractivity contribution in [2.45, 2.75) is 65.6 Å². The predicted octanol–water partition coefficient (Wildman–Crippen LogP) is 5.00. The number of amides is 2. The van der Waals surface area contributed by atoms with Crippen LogP contribution in [-0.2, 0) is 22.6 Å². The highest BCUT2D eigenvalue weighted by molar-refractivity contribution is 6.30. The van der Waals surface area contributed by atoms with Gasteiger partial charge in [0, 0.05) is 17.1 Å². The topological polar surface area (TPSA) is 58.6 Å². The van der Waals surface area contributed by atoms with Gasteiger partial charge in [-0.15, -0.1) is 0 Å². The molecule has 5 nitrogen and oxygen atoms in total. The molecule has 0 radical (unpaired) electrons. The molecule has 0 aliphatic heterocycles. The lowest BCUT2D eigenvalue weighted by atomic mass is 10.1. The van der Waals surface area contributed by atoms with Crippen LogP contribution in [0.3, 0.4) is 0 Å². The Balaban J connectivity index is 2.20. The average Bonchev–Trinajstić information content (AvgIpc) is 2.72.